The van der Waals surface area contributed by atoms with Crippen LogP contribution in [0.2, 0.25) is 0 Å². The number of hydrogen-bond acceptors (Lipinski definition) is 4. The molecule has 2 amide bonds. The lowest BCUT2D eigenvalue weighted by Crippen LogP contribution is -2.40. The average molecular weight is 408 g/mol. The van der Waals surface area contributed by atoms with Crippen molar-refractivity contribution in [1.82, 2.24) is 4.90 Å². The van der Waals surface area contributed by atoms with Crippen molar-refractivity contribution in [3.63, 3.8) is 0 Å². The quantitative estimate of drug-likeness (QED) is 0.312. The topological polar surface area (TPSA) is 63.7 Å². The minimum Gasteiger partial charge on any atom is -0.426 e. The van der Waals surface area contributed by atoms with Gasteiger partial charge < -0.3 is 4.74 Å². The fraction of sp³-hybridized carbons (Fsp3) is 0.560. The molecule has 6 rings (SSSR count). The number of esters is 1. The van der Waals surface area contributed by atoms with Gasteiger partial charge in [0.2, 0.25) is 11.8 Å². The summed E-state index contributed by atoms with van der Waals surface area (Å²) in [5.74, 6) is 1.08. The van der Waals surface area contributed by atoms with E-state index in [1.807, 2.05) is 12.1 Å². The van der Waals surface area contributed by atoms with E-state index in [2.05, 4.69) is 32.9 Å². The molecule has 1 aliphatic heterocycles. The van der Waals surface area contributed by atoms with Crippen LogP contribution in [-0.2, 0) is 19.8 Å². The molecule has 1 aromatic rings. The van der Waals surface area contributed by atoms with Crippen LogP contribution in [0.1, 0.15) is 45.6 Å². The third kappa shape index (κ3) is 2.93. The van der Waals surface area contributed by atoms with Gasteiger partial charge in [-0.3, -0.25) is 19.3 Å². The highest BCUT2D eigenvalue weighted by Gasteiger charge is 2.66. The van der Waals surface area contributed by atoms with Gasteiger partial charge in [-0.2, -0.15) is 0 Å². The molecule has 2 bridgehead atoms. The molecule has 5 heteroatoms. The van der Waals surface area contributed by atoms with E-state index >= 15 is 0 Å². The molecule has 3 fully saturated rings. The Morgan fingerprint density at radius 1 is 1.03 bits per heavy atom. The largest absolute Gasteiger partial charge is 0.426 e. The number of allylic oxidation sites excluding steroid dienone is 2. The first-order valence-electron chi connectivity index (χ1n) is 11.2. The van der Waals surface area contributed by atoms with Gasteiger partial charge in [-0.05, 0) is 59.6 Å². The first-order valence-corrected chi connectivity index (χ1v) is 11.2. The number of hydrogen-bond donors (Lipinski definition) is 0. The molecule has 158 valence electrons. The van der Waals surface area contributed by atoms with E-state index in [1.54, 1.807) is 12.1 Å². The summed E-state index contributed by atoms with van der Waals surface area (Å²) in [5, 5.41) is 0. The van der Waals surface area contributed by atoms with E-state index in [0.717, 1.165) is 12.8 Å². The average Bonchev–Trinajstić information content (AvgIpc) is 3.52. The monoisotopic (exact) mass is 407 g/mol. The number of benzene rings is 1. The first kappa shape index (κ1) is 19.5. The molecule has 1 saturated heterocycles. The minimum atomic E-state index is -0.420. The number of carbonyl (C=O) groups excluding carboxylic acids is 3. The minimum absolute atomic E-state index is 0.0226. The molecule has 0 radical (unpaired) electrons. The number of nitrogens with zero attached hydrogens (tertiary/aromatic N) is 1. The Kier molecular flexibility index (Phi) is 4.42. The standard InChI is InChI=1S/C25H29NO4/c1-4-25(2,3)14-5-7-15(8-6-14)30-20(27)11-12-26-23(28)21-16-9-10-17(19-13-18(16)19)22(21)24(26)29/h5-10,16-19,21-22H,4,11-13H2,1-3H3/t16-,17-,18-,19+,21+,22+/m0/s1. The van der Waals surface area contributed by atoms with Crippen molar-refractivity contribution in [1.29, 1.82) is 0 Å². The van der Waals surface area contributed by atoms with Crippen LogP contribution in [0.25, 0.3) is 0 Å². The zero-order valence-electron chi connectivity index (χ0n) is 17.8. The van der Waals surface area contributed by atoms with Crippen molar-refractivity contribution in [3.8, 4) is 5.75 Å². The lowest BCUT2D eigenvalue weighted by atomic mass is 9.63. The molecule has 6 atom stereocenters. The van der Waals surface area contributed by atoms with Gasteiger partial charge in [-0.1, -0.05) is 45.1 Å². The van der Waals surface area contributed by atoms with E-state index in [9.17, 15) is 14.4 Å². The molecular formula is C25H29NO4. The van der Waals surface area contributed by atoms with Gasteiger partial charge in [-0.15, -0.1) is 0 Å². The van der Waals surface area contributed by atoms with Crippen molar-refractivity contribution in [2.24, 2.45) is 35.5 Å². The molecular weight excluding hydrogens is 378 g/mol. The summed E-state index contributed by atoms with van der Waals surface area (Å²) in [6.07, 6.45) is 6.51. The Labute approximate surface area is 177 Å². The van der Waals surface area contributed by atoms with Gasteiger partial charge in [0.05, 0.1) is 18.3 Å². The summed E-state index contributed by atoms with van der Waals surface area (Å²) in [4.78, 5) is 39.6. The SMILES string of the molecule is CCC(C)(C)c1ccc(OC(=O)CCN2C(=O)[C@@H]3[C@H]4C=C[C@@H]([C@@H]5C[C@H]45)[C@H]3C2=O)cc1. The third-order valence-electron chi connectivity index (χ3n) is 8.04. The zero-order valence-corrected chi connectivity index (χ0v) is 17.8. The second-order valence-electron chi connectivity index (χ2n) is 9.97. The fourth-order valence-electron chi connectivity index (χ4n) is 5.80. The maximum Gasteiger partial charge on any atom is 0.312 e. The van der Waals surface area contributed by atoms with Crippen LogP contribution >= 0.6 is 0 Å². The van der Waals surface area contributed by atoms with Crippen molar-refractivity contribution in [2.45, 2.75) is 45.4 Å². The lowest BCUT2D eigenvalue weighted by molar-refractivity contribution is -0.141. The summed E-state index contributed by atoms with van der Waals surface area (Å²) in [6.45, 7) is 6.62. The van der Waals surface area contributed by atoms with Gasteiger partial charge in [0, 0.05) is 6.54 Å². The summed E-state index contributed by atoms with van der Waals surface area (Å²) in [5.41, 5.74) is 1.27. The molecule has 1 heterocycles. The van der Waals surface area contributed by atoms with E-state index in [1.165, 1.54) is 10.5 Å². The van der Waals surface area contributed by atoms with Crippen molar-refractivity contribution in [3.05, 3.63) is 42.0 Å². The predicted octanol–water partition coefficient (Wildman–Crippen LogP) is 3.72. The zero-order chi connectivity index (χ0) is 21.2. The fourth-order valence-corrected chi connectivity index (χ4v) is 5.80. The highest BCUT2D eigenvalue weighted by atomic mass is 16.5. The van der Waals surface area contributed by atoms with Crippen LogP contribution in [0, 0.1) is 35.5 Å². The Balaban J connectivity index is 1.19. The number of likely N-dealkylation sites (tertiary alicyclic amines) is 1. The van der Waals surface area contributed by atoms with Crippen LogP contribution in [0.3, 0.4) is 0 Å². The third-order valence-corrected chi connectivity index (χ3v) is 8.04. The van der Waals surface area contributed by atoms with Gasteiger partial charge >= 0.3 is 5.97 Å². The molecule has 0 unspecified atom stereocenters. The van der Waals surface area contributed by atoms with E-state index < -0.39 is 5.97 Å². The predicted molar refractivity (Wildman–Crippen MR) is 111 cm³/mol. The number of imide groups is 1. The Morgan fingerprint density at radius 2 is 1.60 bits per heavy atom. The lowest BCUT2D eigenvalue weighted by Gasteiger charge is -2.37. The molecule has 4 aliphatic carbocycles. The van der Waals surface area contributed by atoms with Crippen LogP contribution in [0.15, 0.2) is 36.4 Å². The normalized spacial score (nSPS) is 33.5. The maximum absolute atomic E-state index is 13.0. The second-order valence-corrected chi connectivity index (χ2v) is 9.97. The molecule has 0 N–H and O–H groups in total. The Bertz CT molecular complexity index is 895. The van der Waals surface area contributed by atoms with Gasteiger partial charge in [0.15, 0.2) is 0 Å². The molecule has 1 aromatic carbocycles. The van der Waals surface area contributed by atoms with Gasteiger partial charge in [-0.25, -0.2) is 0 Å². The summed E-state index contributed by atoms with van der Waals surface area (Å²) >= 11 is 0. The number of ether oxygens (including phenoxy) is 1. The van der Waals surface area contributed by atoms with Crippen LogP contribution in [0.5, 0.6) is 5.75 Å². The molecule has 5 aliphatic rings. The number of rotatable bonds is 6. The van der Waals surface area contributed by atoms with E-state index in [4.69, 9.17) is 4.74 Å². The van der Waals surface area contributed by atoms with E-state index in [0.29, 0.717) is 17.6 Å². The number of carbonyl (C=O) groups is 3. The highest BCUT2D eigenvalue weighted by Crippen LogP contribution is 2.65. The van der Waals surface area contributed by atoms with Gasteiger partial charge in [0.25, 0.3) is 0 Å². The summed E-state index contributed by atoms with van der Waals surface area (Å²) in [7, 11) is 0. The molecule has 30 heavy (non-hydrogen) atoms. The van der Waals surface area contributed by atoms with Crippen molar-refractivity contribution in [2.75, 3.05) is 6.54 Å². The number of amides is 2. The van der Waals surface area contributed by atoms with Crippen molar-refractivity contribution < 1.29 is 19.1 Å². The smallest absolute Gasteiger partial charge is 0.312 e. The van der Waals surface area contributed by atoms with Crippen molar-refractivity contribution >= 4 is 17.8 Å². The second kappa shape index (κ2) is 6.79. The maximum atomic E-state index is 13.0. The molecule has 5 nitrogen and oxygen atoms in total. The van der Waals surface area contributed by atoms with Crippen LogP contribution < -0.4 is 4.74 Å². The molecule has 0 aromatic heterocycles. The van der Waals surface area contributed by atoms with Gasteiger partial charge in [0.1, 0.15) is 5.75 Å². The first-order chi connectivity index (χ1) is 14.3. The summed E-state index contributed by atoms with van der Waals surface area (Å²) < 4.78 is 5.44. The Hall–Kier alpha value is -2.43. The molecule has 0 spiro atoms. The molecule has 2 saturated carbocycles. The van der Waals surface area contributed by atoms with Crippen LogP contribution in [0.4, 0.5) is 0 Å². The van der Waals surface area contributed by atoms with E-state index in [-0.39, 0.29) is 53.9 Å². The highest BCUT2D eigenvalue weighted by molar-refractivity contribution is 6.06. The Morgan fingerprint density at radius 3 is 2.13 bits per heavy atom. The van der Waals surface area contributed by atoms with Crippen LogP contribution in [-0.4, -0.2) is 29.2 Å². The summed E-state index contributed by atoms with van der Waals surface area (Å²) in [6, 6.07) is 7.58.